The third-order valence-corrected chi connectivity index (χ3v) is 0.632. The minimum absolute atomic E-state index is 0. The molecule has 0 spiro atoms. The van der Waals surface area contributed by atoms with Gasteiger partial charge < -0.3 is 0 Å². The molecule has 47 valence electrons. The van der Waals surface area contributed by atoms with Gasteiger partial charge in [-0.15, -0.1) is 0 Å². The molecule has 0 rings (SSSR count). The van der Waals surface area contributed by atoms with E-state index in [2.05, 4.69) is 6.58 Å². The molecule has 0 heterocycles. The Balaban J connectivity index is 0. The largest absolute Gasteiger partial charge is 0.287 e. The summed E-state index contributed by atoms with van der Waals surface area (Å²) in [4.78, 5) is 0. The van der Waals surface area contributed by atoms with Crippen molar-refractivity contribution in [1.29, 1.82) is 0 Å². The van der Waals surface area contributed by atoms with Crippen molar-refractivity contribution in [3.05, 3.63) is 12.0 Å². The van der Waals surface area contributed by atoms with Crippen molar-refractivity contribution < 1.29 is 35.4 Å². The molecule has 5 heteroatoms. The summed E-state index contributed by atoms with van der Waals surface area (Å²) < 4.78 is 26.6. The second kappa shape index (κ2) is 3.40. The maximum atomic E-state index is 9.44. The molecule has 0 saturated carbocycles. The summed E-state index contributed by atoms with van der Waals surface area (Å²) in [5.41, 5.74) is 0. The van der Waals surface area contributed by atoms with Crippen LogP contribution < -0.4 is 0 Å². The van der Waals surface area contributed by atoms with Crippen LogP contribution in [0.4, 0.5) is 0 Å². The Kier molecular flexibility index (Phi) is 5.04. The van der Waals surface area contributed by atoms with Gasteiger partial charge in [0.2, 0.25) is 0 Å². The Morgan fingerprint density at radius 1 is 1.57 bits per heavy atom. The molecule has 1 radical (unpaired) electrons. The van der Waals surface area contributed by atoms with Gasteiger partial charge in [-0.1, -0.05) is 6.58 Å². The fourth-order valence-corrected chi connectivity index (χ4v) is 0. The van der Waals surface area contributed by atoms with E-state index in [9.17, 15) is 8.42 Å². The van der Waals surface area contributed by atoms with Gasteiger partial charge in [0.15, 0.2) is 0 Å². The smallest absolute Gasteiger partial charge is 0.282 e. The molecule has 0 saturated heterocycles. The fourth-order valence-electron chi connectivity index (χ4n) is 0. The van der Waals surface area contributed by atoms with E-state index in [1.807, 2.05) is 0 Å². The van der Waals surface area contributed by atoms with Crippen LogP contribution in [0.3, 0.4) is 0 Å². The van der Waals surface area contributed by atoms with Crippen LogP contribution in [0.1, 0.15) is 0 Å². The van der Waals surface area contributed by atoms with Gasteiger partial charge in [0, 0.05) is 22.4 Å². The summed E-state index contributed by atoms with van der Waals surface area (Å²) in [5.74, 6) is 0. The predicted octanol–water partition coefficient (Wildman–Crippen LogP) is 0.0152. The molecule has 0 atom stereocenters. The molecule has 3 nitrogen and oxygen atoms in total. The van der Waals surface area contributed by atoms with Crippen molar-refractivity contribution in [1.82, 2.24) is 0 Å². The van der Waals surface area contributed by atoms with Crippen LogP contribution >= 0.6 is 0 Å². The number of hydrogen-bond acceptors (Lipinski definition) is 2. The van der Waals surface area contributed by atoms with E-state index in [-0.39, 0.29) is 22.4 Å². The van der Waals surface area contributed by atoms with Crippen LogP contribution in [0.5, 0.6) is 0 Å². The second-order valence-electron chi connectivity index (χ2n) is 0.682. The van der Waals surface area contributed by atoms with Crippen molar-refractivity contribution in [3.63, 3.8) is 0 Å². The van der Waals surface area contributed by atoms with Gasteiger partial charge in [0.25, 0.3) is 10.1 Å². The van der Waals surface area contributed by atoms with Gasteiger partial charge in [-0.25, -0.2) is 0 Å². The molecule has 0 aliphatic heterocycles. The third-order valence-electron chi connectivity index (χ3n) is 0.211. The first kappa shape index (κ1) is 10.4. The van der Waals surface area contributed by atoms with Crippen LogP contribution in [-0.2, 0) is 32.5 Å². The average Bonchev–Trinajstić information content (AvgIpc) is 1.35. The Bertz CT molecular complexity index is 123. The van der Waals surface area contributed by atoms with Gasteiger partial charge in [-0.05, 0) is 0 Å². The Morgan fingerprint density at radius 3 is 1.71 bits per heavy atom. The van der Waals surface area contributed by atoms with E-state index in [0.29, 0.717) is 5.41 Å². The average molecular weight is 305 g/mol. The Labute approximate surface area is 57.7 Å². The first-order valence-corrected chi connectivity index (χ1v) is 2.66. The van der Waals surface area contributed by atoms with Gasteiger partial charge in [0.1, 0.15) is 0 Å². The summed E-state index contributed by atoms with van der Waals surface area (Å²) in [6, 6.07) is 0. The zero-order chi connectivity index (χ0) is 5.21. The second-order valence-corrected chi connectivity index (χ2v) is 2.04. The van der Waals surface area contributed by atoms with E-state index < -0.39 is 10.1 Å². The minimum Gasteiger partial charge on any atom is -0.282 e. The topological polar surface area (TPSA) is 54.4 Å². The van der Waals surface area contributed by atoms with Crippen LogP contribution in [0.2, 0.25) is 0 Å². The quantitative estimate of drug-likeness (QED) is 0.549. The fraction of sp³-hybridized carbons (Fsp3) is 0. The SMILES string of the molecule is C=CS(=O)(=O)O.[Au]. The van der Waals surface area contributed by atoms with E-state index in [1.54, 1.807) is 0 Å². The van der Waals surface area contributed by atoms with Gasteiger partial charge in [0.05, 0.1) is 5.41 Å². The van der Waals surface area contributed by atoms with Crippen molar-refractivity contribution in [2.24, 2.45) is 0 Å². The molecule has 0 aromatic heterocycles. The van der Waals surface area contributed by atoms with Gasteiger partial charge >= 0.3 is 0 Å². The molecule has 0 fully saturated rings. The molecular weight excluding hydrogens is 301 g/mol. The predicted molar refractivity (Wildman–Crippen MR) is 21.7 cm³/mol. The molecule has 7 heavy (non-hydrogen) atoms. The molecule has 0 amide bonds. The van der Waals surface area contributed by atoms with Gasteiger partial charge in [-0.3, -0.25) is 4.55 Å². The molecule has 0 aliphatic rings. The first-order valence-electron chi connectivity index (χ1n) is 1.16. The first-order chi connectivity index (χ1) is 2.56. The molecule has 0 aliphatic carbocycles. The van der Waals surface area contributed by atoms with Crippen LogP contribution in [0, 0.1) is 0 Å². The molecule has 0 unspecified atom stereocenters. The zero-order valence-electron chi connectivity index (χ0n) is 3.26. The van der Waals surface area contributed by atoms with Gasteiger partial charge in [-0.2, -0.15) is 8.42 Å². The summed E-state index contributed by atoms with van der Waals surface area (Å²) >= 11 is 0. The summed E-state index contributed by atoms with van der Waals surface area (Å²) in [7, 11) is -3.90. The van der Waals surface area contributed by atoms with Crippen molar-refractivity contribution in [3.8, 4) is 0 Å². The van der Waals surface area contributed by atoms with Crippen LogP contribution in [-0.4, -0.2) is 13.0 Å². The van der Waals surface area contributed by atoms with Crippen LogP contribution in [0.25, 0.3) is 0 Å². The van der Waals surface area contributed by atoms with E-state index in [0.717, 1.165) is 0 Å². The number of rotatable bonds is 1. The third kappa shape index (κ3) is 10.7. The number of hydrogen-bond donors (Lipinski definition) is 1. The zero-order valence-corrected chi connectivity index (χ0v) is 6.24. The molecule has 1 N–H and O–H groups in total. The van der Waals surface area contributed by atoms with Crippen molar-refractivity contribution in [2.45, 2.75) is 0 Å². The Hall–Kier alpha value is 0.390. The molecule has 0 bridgehead atoms. The normalized spacial score (nSPS) is 9.29. The maximum absolute atomic E-state index is 9.44. The molecule has 0 aromatic carbocycles. The summed E-state index contributed by atoms with van der Waals surface area (Å²) in [6.45, 7) is 2.79. The monoisotopic (exact) mass is 305 g/mol. The summed E-state index contributed by atoms with van der Waals surface area (Å²) in [5, 5.41) is 0.465. The molecule has 0 aromatic rings. The minimum atomic E-state index is -3.90. The van der Waals surface area contributed by atoms with Crippen molar-refractivity contribution in [2.75, 3.05) is 0 Å². The standard InChI is InChI=1S/C2H4O3S.Au/c1-2-6(3,4)5;/h2H,1H2,(H,3,4,5);. The van der Waals surface area contributed by atoms with Crippen LogP contribution in [0.15, 0.2) is 12.0 Å². The van der Waals surface area contributed by atoms with E-state index in [1.165, 1.54) is 0 Å². The van der Waals surface area contributed by atoms with E-state index in [4.69, 9.17) is 4.55 Å². The molecular formula is C2H4AuO3S. The maximum Gasteiger partial charge on any atom is 0.287 e. The van der Waals surface area contributed by atoms with Crippen molar-refractivity contribution >= 4 is 10.1 Å². The Morgan fingerprint density at radius 2 is 1.71 bits per heavy atom. The summed E-state index contributed by atoms with van der Waals surface area (Å²) in [6.07, 6.45) is 0. The van der Waals surface area contributed by atoms with E-state index >= 15 is 0 Å².